The van der Waals surface area contributed by atoms with E-state index in [4.69, 9.17) is 9.84 Å². The molecule has 1 aliphatic carbocycles. The van der Waals surface area contributed by atoms with E-state index in [-0.39, 0.29) is 25.0 Å². The number of carboxylic acid groups (broad SMARTS) is 1. The van der Waals surface area contributed by atoms with Gasteiger partial charge in [-0.05, 0) is 61.8 Å². The molecule has 2 aliphatic rings. The molecular formula is C18H23NO4. The number of aliphatic carboxylic acids is 1. The third kappa shape index (κ3) is 3.84. The molecule has 5 nitrogen and oxygen atoms in total. The number of likely N-dealkylation sites (tertiary alicyclic amines) is 1. The van der Waals surface area contributed by atoms with E-state index in [2.05, 4.69) is 6.07 Å². The Kier molecular flexibility index (Phi) is 4.84. The van der Waals surface area contributed by atoms with Gasteiger partial charge in [-0.15, -0.1) is 0 Å². The van der Waals surface area contributed by atoms with Gasteiger partial charge in [-0.2, -0.15) is 0 Å². The Labute approximate surface area is 136 Å². The number of carbonyl (C=O) groups is 2. The molecule has 1 amide bonds. The molecule has 0 bridgehead atoms. The molecule has 124 valence electrons. The number of hydrogen-bond acceptors (Lipinski definition) is 3. The molecule has 0 saturated carbocycles. The Bertz CT molecular complexity index is 599. The van der Waals surface area contributed by atoms with Crippen LogP contribution in [0.1, 0.15) is 43.2 Å². The van der Waals surface area contributed by atoms with Crippen LogP contribution in [0, 0.1) is 0 Å². The summed E-state index contributed by atoms with van der Waals surface area (Å²) in [6, 6.07) is 5.88. The Morgan fingerprint density at radius 1 is 1.17 bits per heavy atom. The van der Waals surface area contributed by atoms with Crippen LogP contribution in [0.25, 0.3) is 0 Å². The maximum absolute atomic E-state index is 12.3. The van der Waals surface area contributed by atoms with Gasteiger partial charge in [0.15, 0.2) is 6.61 Å². The van der Waals surface area contributed by atoms with Crippen molar-refractivity contribution in [3.63, 3.8) is 0 Å². The van der Waals surface area contributed by atoms with Crippen LogP contribution in [0.5, 0.6) is 5.75 Å². The van der Waals surface area contributed by atoms with Crippen LogP contribution in [0.4, 0.5) is 0 Å². The Morgan fingerprint density at radius 3 is 2.74 bits per heavy atom. The molecule has 0 aromatic heterocycles. The van der Waals surface area contributed by atoms with E-state index < -0.39 is 5.97 Å². The highest BCUT2D eigenvalue weighted by molar-refractivity contribution is 5.79. The fourth-order valence-corrected chi connectivity index (χ4v) is 3.61. The van der Waals surface area contributed by atoms with Gasteiger partial charge in [0.1, 0.15) is 5.75 Å². The van der Waals surface area contributed by atoms with Gasteiger partial charge in [0.2, 0.25) is 0 Å². The van der Waals surface area contributed by atoms with E-state index >= 15 is 0 Å². The third-order valence-electron chi connectivity index (χ3n) is 4.79. The molecule has 1 fully saturated rings. The normalized spacial score (nSPS) is 20.2. The minimum Gasteiger partial charge on any atom is -0.484 e. The summed E-state index contributed by atoms with van der Waals surface area (Å²) >= 11 is 0. The zero-order chi connectivity index (χ0) is 16.2. The summed E-state index contributed by atoms with van der Waals surface area (Å²) in [7, 11) is 0. The predicted octanol–water partition coefficient (Wildman–Crippen LogP) is 2.41. The second-order valence-corrected chi connectivity index (χ2v) is 6.41. The van der Waals surface area contributed by atoms with Gasteiger partial charge in [0.25, 0.3) is 5.91 Å². The van der Waals surface area contributed by atoms with Crippen LogP contribution in [0.2, 0.25) is 0 Å². The van der Waals surface area contributed by atoms with Crippen LogP contribution < -0.4 is 4.74 Å². The maximum atomic E-state index is 12.3. The average Bonchev–Trinajstić information content (AvgIpc) is 3.00. The fraction of sp³-hybridized carbons (Fsp3) is 0.556. The molecule has 5 heteroatoms. The minimum absolute atomic E-state index is 0.0184. The number of rotatable bonds is 5. The Hall–Kier alpha value is -2.04. The van der Waals surface area contributed by atoms with Crippen LogP contribution >= 0.6 is 0 Å². The van der Waals surface area contributed by atoms with Crippen molar-refractivity contribution < 1.29 is 19.4 Å². The lowest BCUT2D eigenvalue weighted by Gasteiger charge is -2.23. The number of nitrogens with zero attached hydrogens (tertiary/aromatic N) is 1. The zero-order valence-corrected chi connectivity index (χ0v) is 13.3. The van der Waals surface area contributed by atoms with Crippen LogP contribution in [0.3, 0.4) is 0 Å². The number of fused-ring (bicyclic) bond motifs is 1. The van der Waals surface area contributed by atoms with Crippen molar-refractivity contribution in [1.82, 2.24) is 4.90 Å². The van der Waals surface area contributed by atoms with Crippen LogP contribution in [0.15, 0.2) is 18.2 Å². The highest BCUT2D eigenvalue weighted by atomic mass is 16.5. The van der Waals surface area contributed by atoms with Crippen molar-refractivity contribution in [3.8, 4) is 5.75 Å². The van der Waals surface area contributed by atoms with E-state index in [1.54, 1.807) is 4.90 Å². The first-order valence-electron chi connectivity index (χ1n) is 8.39. The van der Waals surface area contributed by atoms with Crippen molar-refractivity contribution >= 4 is 11.9 Å². The van der Waals surface area contributed by atoms with Crippen LogP contribution in [-0.4, -0.2) is 41.1 Å². The first kappa shape index (κ1) is 15.8. The smallest absolute Gasteiger partial charge is 0.305 e. The predicted molar refractivity (Wildman–Crippen MR) is 85.6 cm³/mol. The van der Waals surface area contributed by atoms with Crippen LogP contribution in [-0.2, 0) is 22.4 Å². The second kappa shape index (κ2) is 7.02. The van der Waals surface area contributed by atoms with Crippen molar-refractivity contribution in [2.45, 2.75) is 51.0 Å². The van der Waals surface area contributed by atoms with Gasteiger partial charge in [-0.3, -0.25) is 9.59 Å². The molecule has 0 radical (unpaired) electrons. The highest BCUT2D eigenvalue weighted by Gasteiger charge is 2.30. The van der Waals surface area contributed by atoms with Crippen molar-refractivity contribution in [2.75, 3.05) is 13.2 Å². The Balaban J connectivity index is 1.57. The lowest BCUT2D eigenvalue weighted by molar-refractivity contribution is -0.140. The summed E-state index contributed by atoms with van der Waals surface area (Å²) in [6.07, 6.45) is 6.29. The number of hydrogen-bond donors (Lipinski definition) is 1. The Morgan fingerprint density at radius 2 is 1.96 bits per heavy atom. The number of carbonyl (C=O) groups excluding carboxylic acids is 1. The molecule has 1 saturated heterocycles. The molecule has 1 atom stereocenters. The average molecular weight is 317 g/mol. The van der Waals surface area contributed by atoms with E-state index in [9.17, 15) is 9.59 Å². The van der Waals surface area contributed by atoms with Gasteiger partial charge in [-0.25, -0.2) is 0 Å². The lowest BCUT2D eigenvalue weighted by atomic mass is 9.92. The number of carboxylic acids is 1. The molecular weight excluding hydrogens is 294 g/mol. The van der Waals surface area contributed by atoms with Crippen molar-refractivity contribution in [3.05, 3.63) is 29.3 Å². The monoisotopic (exact) mass is 317 g/mol. The lowest BCUT2D eigenvalue weighted by Crippen LogP contribution is -2.39. The van der Waals surface area contributed by atoms with E-state index in [0.717, 1.165) is 31.4 Å². The summed E-state index contributed by atoms with van der Waals surface area (Å²) in [5.41, 5.74) is 2.71. The summed E-state index contributed by atoms with van der Waals surface area (Å²) in [5, 5.41) is 8.92. The van der Waals surface area contributed by atoms with Gasteiger partial charge >= 0.3 is 5.97 Å². The molecule has 1 aromatic rings. The maximum Gasteiger partial charge on any atom is 0.305 e. The summed E-state index contributed by atoms with van der Waals surface area (Å²) in [5.74, 6) is -0.246. The molecule has 1 heterocycles. The number of ether oxygens (including phenoxy) is 1. The molecule has 1 N–H and O–H groups in total. The third-order valence-corrected chi connectivity index (χ3v) is 4.79. The number of aryl methyl sites for hydroxylation is 2. The molecule has 1 aromatic carbocycles. The van der Waals surface area contributed by atoms with E-state index in [1.165, 1.54) is 24.0 Å². The summed E-state index contributed by atoms with van der Waals surface area (Å²) in [4.78, 5) is 24.8. The minimum atomic E-state index is -0.856. The molecule has 23 heavy (non-hydrogen) atoms. The van der Waals surface area contributed by atoms with Gasteiger partial charge in [-0.1, -0.05) is 6.07 Å². The van der Waals surface area contributed by atoms with E-state index in [0.29, 0.717) is 6.54 Å². The van der Waals surface area contributed by atoms with Gasteiger partial charge < -0.3 is 14.7 Å². The molecule has 0 spiro atoms. The van der Waals surface area contributed by atoms with Crippen molar-refractivity contribution in [1.29, 1.82) is 0 Å². The summed E-state index contributed by atoms with van der Waals surface area (Å²) < 4.78 is 5.66. The highest BCUT2D eigenvalue weighted by Crippen LogP contribution is 2.26. The van der Waals surface area contributed by atoms with Gasteiger partial charge in [0, 0.05) is 12.6 Å². The fourth-order valence-electron chi connectivity index (χ4n) is 3.61. The quantitative estimate of drug-likeness (QED) is 0.905. The van der Waals surface area contributed by atoms with Crippen molar-refractivity contribution in [2.24, 2.45) is 0 Å². The first-order chi connectivity index (χ1) is 11.1. The summed E-state index contributed by atoms with van der Waals surface area (Å²) in [6.45, 7) is 0.610. The first-order valence-corrected chi connectivity index (χ1v) is 8.39. The number of benzene rings is 1. The zero-order valence-electron chi connectivity index (χ0n) is 13.3. The van der Waals surface area contributed by atoms with Gasteiger partial charge in [0.05, 0.1) is 6.42 Å². The standard InChI is InChI=1S/C18H23NO4/c20-17(19-9-3-6-15(19)11-18(21)22)12-23-16-8-7-13-4-1-2-5-14(13)10-16/h7-8,10,15H,1-6,9,11-12H2,(H,21,22). The topological polar surface area (TPSA) is 66.8 Å². The number of amides is 1. The molecule has 3 rings (SSSR count). The van der Waals surface area contributed by atoms with E-state index in [1.807, 2.05) is 12.1 Å². The largest absolute Gasteiger partial charge is 0.484 e. The molecule has 1 unspecified atom stereocenters. The molecule has 1 aliphatic heterocycles. The second-order valence-electron chi connectivity index (χ2n) is 6.41. The SMILES string of the molecule is O=C(O)CC1CCCN1C(=O)COc1ccc2c(c1)CCCC2.